The van der Waals surface area contributed by atoms with E-state index >= 15 is 0 Å². The Bertz CT molecular complexity index is 312. The summed E-state index contributed by atoms with van der Waals surface area (Å²) in [6, 6.07) is 1.87. The number of piperidine rings is 1. The maximum absolute atomic E-state index is 11.7. The Morgan fingerprint density at radius 2 is 2.21 bits per heavy atom. The van der Waals surface area contributed by atoms with Crippen molar-refractivity contribution in [1.82, 2.24) is 15.1 Å². The Hall–Kier alpha value is -1.16. The summed E-state index contributed by atoms with van der Waals surface area (Å²) in [5.41, 5.74) is -0.394. The van der Waals surface area contributed by atoms with Crippen molar-refractivity contribution in [2.24, 2.45) is 0 Å². The molecule has 2 heterocycles. The van der Waals surface area contributed by atoms with Crippen LogP contribution in [0.3, 0.4) is 0 Å². The molecule has 1 N–H and O–H groups in total. The van der Waals surface area contributed by atoms with Gasteiger partial charge < -0.3 is 5.32 Å². The van der Waals surface area contributed by atoms with E-state index in [2.05, 4.69) is 10.4 Å². The first kappa shape index (κ1) is 9.40. The standard InChI is InChI=1S/C10H15N3O/c1-9(14)10(3-6-11-7-4-10)13-8-2-5-12-13/h2,5,8,11H,3-4,6-7H2,1H3. The smallest absolute Gasteiger partial charge is 0.157 e. The first-order chi connectivity index (χ1) is 6.76. The van der Waals surface area contributed by atoms with Gasteiger partial charge in [0.05, 0.1) is 0 Å². The van der Waals surface area contributed by atoms with Crippen molar-refractivity contribution in [3.63, 3.8) is 0 Å². The molecule has 2 rings (SSSR count). The average molecular weight is 193 g/mol. The number of hydrogen-bond acceptors (Lipinski definition) is 3. The van der Waals surface area contributed by atoms with Gasteiger partial charge in [-0.15, -0.1) is 0 Å². The third-order valence-corrected chi connectivity index (χ3v) is 3.03. The molecule has 0 atom stereocenters. The lowest BCUT2D eigenvalue weighted by atomic mass is 9.85. The predicted octanol–water partition coefficient (Wildman–Crippen LogP) is 0.551. The first-order valence-corrected chi connectivity index (χ1v) is 4.98. The second kappa shape index (κ2) is 3.53. The van der Waals surface area contributed by atoms with E-state index in [1.807, 2.05) is 16.9 Å². The maximum atomic E-state index is 11.7. The summed E-state index contributed by atoms with van der Waals surface area (Å²) in [6.07, 6.45) is 5.29. The summed E-state index contributed by atoms with van der Waals surface area (Å²) < 4.78 is 1.82. The lowest BCUT2D eigenvalue weighted by molar-refractivity contribution is -0.127. The minimum atomic E-state index is -0.394. The Morgan fingerprint density at radius 1 is 1.50 bits per heavy atom. The fourth-order valence-electron chi connectivity index (χ4n) is 2.10. The molecule has 1 aliphatic rings. The van der Waals surface area contributed by atoms with Crippen molar-refractivity contribution in [2.75, 3.05) is 13.1 Å². The molecule has 1 aromatic heterocycles. The number of Topliss-reactive ketones (excluding diaryl/α,β-unsaturated/α-hetero) is 1. The zero-order chi connectivity index (χ0) is 10.0. The van der Waals surface area contributed by atoms with Crippen LogP contribution in [0.2, 0.25) is 0 Å². The highest BCUT2D eigenvalue weighted by molar-refractivity contribution is 5.84. The van der Waals surface area contributed by atoms with E-state index in [4.69, 9.17) is 0 Å². The van der Waals surface area contributed by atoms with E-state index < -0.39 is 5.54 Å². The number of rotatable bonds is 2. The highest BCUT2D eigenvalue weighted by atomic mass is 16.1. The second-order valence-electron chi connectivity index (χ2n) is 3.79. The van der Waals surface area contributed by atoms with Gasteiger partial charge in [0.15, 0.2) is 5.78 Å². The molecule has 0 spiro atoms. The molecule has 76 valence electrons. The third kappa shape index (κ3) is 1.35. The van der Waals surface area contributed by atoms with Gasteiger partial charge in [-0.1, -0.05) is 0 Å². The Morgan fingerprint density at radius 3 is 2.71 bits per heavy atom. The van der Waals surface area contributed by atoms with Gasteiger partial charge in [-0.05, 0) is 38.9 Å². The van der Waals surface area contributed by atoms with Crippen LogP contribution in [-0.2, 0) is 10.3 Å². The monoisotopic (exact) mass is 193 g/mol. The zero-order valence-corrected chi connectivity index (χ0v) is 8.36. The van der Waals surface area contributed by atoms with Crippen molar-refractivity contribution in [1.29, 1.82) is 0 Å². The predicted molar refractivity (Wildman–Crippen MR) is 53.0 cm³/mol. The van der Waals surface area contributed by atoms with Crippen molar-refractivity contribution in [3.8, 4) is 0 Å². The fourth-order valence-corrected chi connectivity index (χ4v) is 2.10. The van der Waals surface area contributed by atoms with E-state index in [1.165, 1.54) is 0 Å². The molecule has 0 bridgehead atoms. The van der Waals surface area contributed by atoms with Gasteiger partial charge >= 0.3 is 0 Å². The molecule has 0 aromatic carbocycles. The lowest BCUT2D eigenvalue weighted by Gasteiger charge is -2.35. The molecule has 0 amide bonds. The van der Waals surface area contributed by atoms with Gasteiger partial charge in [0, 0.05) is 12.4 Å². The second-order valence-corrected chi connectivity index (χ2v) is 3.79. The Balaban J connectivity index is 2.35. The quantitative estimate of drug-likeness (QED) is 0.746. The molecule has 1 aromatic rings. The van der Waals surface area contributed by atoms with Crippen LogP contribution in [0.5, 0.6) is 0 Å². The number of hydrogen-bond donors (Lipinski definition) is 1. The van der Waals surface area contributed by atoms with Gasteiger partial charge in [0.2, 0.25) is 0 Å². The molecular formula is C10H15N3O. The molecule has 0 saturated carbocycles. The van der Waals surface area contributed by atoms with E-state index in [0.717, 1.165) is 25.9 Å². The van der Waals surface area contributed by atoms with Crippen LogP contribution in [0.4, 0.5) is 0 Å². The van der Waals surface area contributed by atoms with E-state index in [-0.39, 0.29) is 5.78 Å². The number of carbonyl (C=O) groups is 1. The topological polar surface area (TPSA) is 46.9 Å². The Kier molecular flexibility index (Phi) is 2.37. The van der Waals surface area contributed by atoms with Gasteiger partial charge in [-0.25, -0.2) is 0 Å². The van der Waals surface area contributed by atoms with Crippen LogP contribution in [0.25, 0.3) is 0 Å². The van der Waals surface area contributed by atoms with Crippen molar-refractivity contribution in [2.45, 2.75) is 25.3 Å². The molecule has 0 radical (unpaired) electrons. The van der Waals surface area contributed by atoms with Crippen LogP contribution < -0.4 is 5.32 Å². The number of carbonyl (C=O) groups excluding carboxylic acids is 1. The molecule has 1 fully saturated rings. The van der Waals surface area contributed by atoms with Crippen molar-refractivity contribution in [3.05, 3.63) is 18.5 Å². The van der Waals surface area contributed by atoms with Crippen molar-refractivity contribution < 1.29 is 4.79 Å². The number of nitrogens with zero attached hydrogens (tertiary/aromatic N) is 2. The highest BCUT2D eigenvalue weighted by Gasteiger charge is 2.38. The van der Waals surface area contributed by atoms with Gasteiger partial charge in [-0.3, -0.25) is 9.48 Å². The summed E-state index contributed by atoms with van der Waals surface area (Å²) >= 11 is 0. The summed E-state index contributed by atoms with van der Waals surface area (Å²) in [6.45, 7) is 3.44. The highest BCUT2D eigenvalue weighted by Crippen LogP contribution is 2.27. The molecule has 0 aliphatic carbocycles. The third-order valence-electron chi connectivity index (χ3n) is 3.03. The number of nitrogens with one attached hydrogen (secondary N) is 1. The van der Waals surface area contributed by atoms with E-state index in [9.17, 15) is 4.79 Å². The van der Waals surface area contributed by atoms with Crippen molar-refractivity contribution >= 4 is 5.78 Å². The summed E-state index contributed by atoms with van der Waals surface area (Å²) in [4.78, 5) is 11.7. The van der Waals surface area contributed by atoms with Crippen LogP contribution in [0.15, 0.2) is 18.5 Å². The largest absolute Gasteiger partial charge is 0.317 e. The summed E-state index contributed by atoms with van der Waals surface area (Å²) in [5, 5.41) is 7.46. The van der Waals surface area contributed by atoms with Gasteiger partial charge in [0.25, 0.3) is 0 Å². The number of ketones is 1. The SMILES string of the molecule is CC(=O)C1(n2cccn2)CCNCC1. The maximum Gasteiger partial charge on any atom is 0.157 e. The van der Waals surface area contributed by atoms with Gasteiger partial charge in [0.1, 0.15) is 5.54 Å². The first-order valence-electron chi connectivity index (χ1n) is 4.98. The lowest BCUT2D eigenvalue weighted by Crippen LogP contribution is -2.49. The minimum Gasteiger partial charge on any atom is -0.317 e. The average Bonchev–Trinajstić information content (AvgIpc) is 2.72. The fraction of sp³-hybridized carbons (Fsp3) is 0.600. The number of aromatic nitrogens is 2. The summed E-state index contributed by atoms with van der Waals surface area (Å²) in [5.74, 6) is 0.211. The molecule has 1 aliphatic heterocycles. The van der Waals surface area contributed by atoms with Crippen LogP contribution in [0.1, 0.15) is 19.8 Å². The van der Waals surface area contributed by atoms with E-state index in [1.54, 1.807) is 13.1 Å². The Labute approximate surface area is 83.3 Å². The molecule has 1 saturated heterocycles. The molecule has 14 heavy (non-hydrogen) atoms. The van der Waals surface area contributed by atoms with Crippen LogP contribution in [-0.4, -0.2) is 28.7 Å². The molecule has 4 nitrogen and oxygen atoms in total. The van der Waals surface area contributed by atoms with Crippen LogP contribution in [0, 0.1) is 0 Å². The van der Waals surface area contributed by atoms with E-state index in [0.29, 0.717) is 0 Å². The zero-order valence-electron chi connectivity index (χ0n) is 8.36. The molecular weight excluding hydrogens is 178 g/mol. The molecule has 0 unspecified atom stereocenters. The van der Waals surface area contributed by atoms with Gasteiger partial charge in [-0.2, -0.15) is 5.10 Å². The minimum absolute atomic E-state index is 0.211. The van der Waals surface area contributed by atoms with Crippen LogP contribution >= 0.6 is 0 Å². The molecule has 4 heteroatoms. The summed E-state index contributed by atoms with van der Waals surface area (Å²) in [7, 11) is 0. The normalized spacial score (nSPS) is 20.6.